The van der Waals surface area contributed by atoms with Gasteiger partial charge in [0.05, 0.1) is 5.69 Å². The van der Waals surface area contributed by atoms with E-state index in [-0.39, 0.29) is 0 Å². The lowest BCUT2D eigenvalue weighted by Crippen LogP contribution is -2.20. The molecule has 0 aliphatic heterocycles. The van der Waals surface area contributed by atoms with Crippen LogP contribution in [0.15, 0.2) is 0 Å². The molecule has 17 heavy (non-hydrogen) atoms. The van der Waals surface area contributed by atoms with Crippen LogP contribution >= 0.6 is 0 Å². The van der Waals surface area contributed by atoms with Gasteiger partial charge in [-0.25, -0.2) is 0 Å². The van der Waals surface area contributed by atoms with Crippen LogP contribution in [0.4, 0.5) is 0 Å². The van der Waals surface area contributed by atoms with E-state index in [1.807, 2.05) is 0 Å². The zero-order chi connectivity index (χ0) is 13.0. The maximum atomic E-state index is 4.66. The lowest BCUT2D eigenvalue weighted by Gasteiger charge is -2.14. The fraction of sp³-hybridized carbons (Fsp3) is 0.786. The summed E-state index contributed by atoms with van der Waals surface area (Å²) in [4.78, 5) is 0. The van der Waals surface area contributed by atoms with Crippen molar-refractivity contribution in [2.45, 2.75) is 60.5 Å². The van der Waals surface area contributed by atoms with Crippen LogP contribution in [0.5, 0.6) is 0 Å². The molecule has 3 nitrogen and oxygen atoms in total. The Bertz CT molecular complexity index is 353. The monoisotopic (exact) mass is 237 g/mol. The van der Waals surface area contributed by atoms with Gasteiger partial charge in [-0.05, 0) is 39.7 Å². The highest BCUT2D eigenvalue weighted by molar-refractivity contribution is 5.27. The molecule has 0 saturated heterocycles. The number of aromatic nitrogens is 2. The predicted molar refractivity (Wildman–Crippen MR) is 73.2 cm³/mol. The Balaban J connectivity index is 2.88. The summed E-state index contributed by atoms with van der Waals surface area (Å²) in [7, 11) is 0. The van der Waals surface area contributed by atoms with Crippen LogP contribution in [0.2, 0.25) is 0 Å². The average Bonchev–Trinajstić information content (AvgIpc) is 2.50. The molecule has 1 rings (SSSR count). The van der Waals surface area contributed by atoms with Gasteiger partial charge in [-0.3, -0.25) is 4.68 Å². The van der Waals surface area contributed by atoms with Crippen molar-refractivity contribution in [3.05, 3.63) is 17.0 Å². The summed E-state index contributed by atoms with van der Waals surface area (Å²) in [6.07, 6.45) is 1.17. The second-order valence-electron chi connectivity index (χ2n) is 5.34. The molecule has 0 saturated carbocycles. The van der Waals surface area contributed by atoms with E-state index in [0.717, 1.165) is 13.1 Å². The maximum Gasteiger partial charge on any atom is 0.0644 e. The summed E-state index contributed by atoms with van der Waals surface area (Å²) in [5.41, 5.74) is 3.85. The molecule has 1 heterocycles. The van der Waals surface area contributed by atoms with Gasteiger partial charge < -0.3 is 5.32 Å². The SMILES string of the molecule is CCCNC(C)c1c(C)nn(CC(C)C)c1C. The molecular weight excluding hydrogens is 210 g/mol. The van der Waals surface area contributed by atoms with Crippen molar-refractivity contribution in [1.29, 1.82) is 0 Å². The molecule has 1 aromatic heterocycles. The van der Waals surface area contributed by atoms with Crippen molar-refractivity contribution >= 4 is 0 Å². The van der Waals surface area contributed by atoms with Crippen molar-refractivity contribution in [2.75, 3.05) is 6.54 Å². The quantitative estimate of drug-likeness (QED) is 0.823. The van der Waals surface area contributed by atoms with Crippen molar-refractivity contribution in [1.82, 2.24) is 15.1 Å². The van der Waals surface area contributed by atoms with Crippen LogP contribution in [-0.2, 0) is 6.54 Å². The van der Waals surface area contributed by atoms with Gasteiger partial charge in [-0.15, -0.1) is 0 Å². The summed E-state index contributed by atoms with van der Waals surface area (Å²) < 4.78 is 2.15. The maximum absolute atomic E-state index is 4.66. The number of nitrogens with one attached hydrogen (secondary N) is 1. The second-order valence-corrected chi connectivity index (χ2v) is 5.34. The van der Waals surface area contributed by atoms with Crippen molar-refractivity contribution < 1.29 is 0 Å². The first-order valence-electron chi connectivity index (χ1n) is 6.74. The first-order valence-corrected chi connectivity index (χ1v) is 6.74. The molecule has 98 valence electrons. The number of hydrogen-bond acceptors (Lipinski definition) is 2. The van der Waals surface area contributed by atoms with Gasteiger partial charge in [-0.2, -0.15) is 5.10 Å². The van der Waals surface area contributed by atoms with E-state index in [0.29, 0.717) is 12.0 Å². The average molecular weight is 237 g/mol. The van der Waals surface area contributed by atoms with Crippen LogP contribution < -0.4 is 5.32 Å². The van der Waals surface area contributed by atoms with Gasteiger partial charge in [0.25, 0.3) is 0 Å². The molecule has 0 aliphatic rings. The first kappa shape index (κ1) is 14.2. The van der Waals surface area contributed by atoms with Gasteiger partial charge in [0.2, 0.25) is 0 Å². The number of nitrogens with zero attached hydrogens (tertiary/aromatic N) is 2. The highest BCUT2D eigenvalue weighted by Gasteiger charge is 2.17. The molecule has 1 N–H and O–H groups in total. The molecule has 0 aliphatic carbocycles. The second kappa shape index (κ2) is 6.20. The summed E-state index contributed by atoms with van der Waals surface area (Å²) in [6.45, 7) is 15.3. The summed E-state index contributed by atoms with van der Waals surface area (Å²) in [6, 6.07) is 0.399. The topological polar surface area (TPSA) is 29.9 Å². The lowest BCUT2D eigenvalue weighted by molar-refractivity contribution is 0.471. The first-order chi connectivity index (χ1) is 7.97. The highest BCUT2D eigenvalue weighted by atomic mass is 15.3. The van der Waals surface area contributed by atoms with Crippen LogP contribution in [-0.4, -0.2) is 16.3 Å². The molecule has 1 unspecified atom stereocenters. The highest BCUT2D eigenvalue weighted by Crippen LogP contribution is 2.21. The molecule has 3 heteroatoms. The molecule has 0 aromatic carbocycles. The normalized spacial score (nSPS) is 13.4. The third-order valence-corrected chi connectivity index (χ3v) is 3.11. The minimum atomic E-state index is 0.399. The largest absolute Gasteiger partial charge is 0.310 e. The Labute approximate surface area is 106 Å². The van der Waals surface area contributed by atoms with E-state index in [4.69, 9.17) is 0 Å². The van der Waals surface area contributed by atoms with Gasteiger partial charge in [0, 0.05) is 23.8 Å². The Kier molecular flexibility index (Phi) is 5.19. The lowest BCUT2D eigenvalue weighted by atomic mass is 10.1. The number of hydrogen-bond donors (Lipinski definition) is 1. The third kappa shape index (κ3) is 3.56. The molecule has 1 atom stereocenters. The molecule has 1 aromatic rings. The van der Waals surface area contributed by atoms with Crippen LogP contribution in [0.1, 0.15) is 57.1 Å². The molecule has 0 amide bonds. The summed E-state index contributed by atoms with van der Waals surface area (Å²) >= 11 is 0. The Morgan fingerprint density at radius 2 is 1.88 bits per heavy atom. The fourth-order valence-electron chi connectivity index (χ4n) is 2.32. The third-order valence-electron chi connectivity index (χ3n) is 3.11. The van der Waals surface area contributed by atoms with Crippen molar-refractivity contribution in [3.63, 3.8) is 0 Å². The standard InChI is InChI=1S/C14H27N3/c1-7-8-15-11(4)14-12(5)16-17(13(14)6)9-10(2)3/h10-11,15H,7-9H2,1-6H3. The molecule has 0 radical (unpaired) electrons. The summed E-state index contributed by atoms with van der Waals surface area (Å²) in [5.74, 6) is 0.639. The van der Waals surface area contributed by atoms with E-state index in [2.05, 4.69) is 56.6 Å². The van der Waals surface area contributed by atoms with Gasteiger partial charge >= 0.3 is 0 Å². The van der Waals surface area contributed by atoms with E-state index in [9.17, 15) is 0 Å². The Morgan fingerprint density at radius 1 is 1.24 bits per heavy atom. The van der Waals surface area contributed by atoms with E-state index in [1.54, 1.807) is 0 Å². The Hall–Kier alpha value is -0.830. The number of rotatable bonds is 6. The van der Waals surface area contributed by atoms with Crippen molar-refractivity contribution in [3.8, 4) is 0 Å². The van der Waals surface area contributed by atoms with E-state index < -0.39 is 0 Å². The van der Waals surface area contributed by atoms with Gasteiger partial charge in [0.15, 0.2) is 0 Å². The minimum Gasteiger partial charge on any atom is -0.310 e. The smallest absolute Gasteiger partial charge is 0.0644 e. The van der Waals surface area contributed by atoms with Gasteiger partial charge in [0.1, 0.15) is 0 Å². The van der Waals surface area contributed by atoms with E-state index in [1.165, 1.54) is 23.4 Å². The van der Waals surface area contributed by atoms with E-state index >= 15 is 0 Å². The molecule has 0 bridgehead atoms. The van der Waals surface area contributed by atoms with Crippen LogP contribution in [0.3, 0.4) is 0 Å². The molecular formula is C14H27N3. The predicted octanol–water partition coefficient (Wildman–Crippen LogP) is 3.22. The number of aryl methyl sites for hydroxylation is 1. The van der Waals surface area contributed by atoms with Crippen molar-refractivity contribution in [2.24, 2.45) is 5.92 Å². The molecule has 0 fully saturated rings. The molecule has 0 spiro atoms. The Morgan fingerprint density at radius 3 is 2.41 bits per heavy atom. The van der Waals surface area contributed by atoms with Crippen LogP contribution in [0, 0.1) is 19.8 Å². The zero-order valence-corrected chi connectivity index (χ0v) is 12.2. The fourth-order valence-corrected chi connectivity index (χ4v) is 2.32. The zero-order valence-electron chi connectivity index (χ0n) is 12.2. The summed E-state index contributed by atoms with van der Waals surface area (Å²) in [5, 5.41) is 8.20. The van der Waals surface area contributed by atoms with Crippen LogP contribution in [0.25, 0.3) is 0 Å². The minimum absolute atomic E-state index is 0.399. The van der Waals surface area contributed by atoms with Gasteiger partial charge in [-0.1, -0.05) is 20.8 Å².